The van der Waals surface area contributed by atoms with Gasteiger partial charge in [-0.05, 0) is 38.1 Å². The molecule has 0 aliphatic carbocycles. The summed E-state index contributed by atoms with van der Waals surface area (Å²) < 4.78 is 10.4. The maximum atomic E-state index is 11.3. The Morgan fingerprint density at radius 2 is 2.00 bits per heavy atom. The molecule has 1 aromatic heterocycles. The second kappa shape index (κ2) is 4.41. The summed E-state index contributed by atoms with van der Waals surface area (Å²) in [4.78, 5) is 22.6. The average Bonchev–Trinajstić information content (AvgIpc) is 2.80. The van der Waals surface area contributed by atoms with E-state index in [-0.39, 0.29) is 11.9 Å². The Hall–Kier alpha value is -2.10. The summed E-state index contributed by atoms with van der Waals surface area (Å²) >= 11 is 0. The van der Waals surface area contributed by atoms with E-state index in [1.807, 2.05) is 0 Å². The zero-order valence-electron chi connectivity index (χ0n) is 9.60. The van der Waals surface area contributed by atoms with Crippen LogP contribution in [-0.4, -0.2) is 6.10 Å². The van der Waals surface area contributed by atoms with E-state index in [1.165, 1.54) is 6.26 Å². The summed E-state index contributed by atoms with van der Waals surface area (Å²) in [6.45, 7) is 3.61. The minimum atomic E-state index is -0.558. The molecular formula is C13H12O4. The lowest BCUT2D eigenvalue weighted by Crippen LogP contribution is -2.36. The van der Waals surface area contributed by atoms with Crippen LogP contribution in [-0.2, 0) is 0 Å². The fourth-order valence-electron chi connectivity index (χ4n) is 1.44. The van der Waals surface area contributed by atoms with Crippen LogP contribution in [0.1, 0.15) is 25.2 Å². The largest absolute Gasteiger partial charge is 0.486 e. The van der Waals surface area contributed by atoms with Gasteiger partial charge in [0.1, 0.15) is 5.76 Å². The lowest BCUT2D eigenvalue weighted by Gasteiger charge is -2.12. The van der Waals surface area contributed by atoms with Crippen LogP contribution < -0.4 is 15.6 Å². The number of hydrogen-bond acceptors (Lipinski definition) is 4. The monoisotopic (exact) mass is 232 g/mol. The molecule has 0 N–H and O–H groups in total. The molecule has 0 bridgehead atoms. The molecule has 0 aliphatic rings. The zero-order valence-corrected chi connectivity index (χ0v) is 9.60. The van der Waals surface area contributed by atoms with E-state index < -0.39 is 10.9 Å². The van der Waals surface area contributed by atoms with Gasteiger partial charge in [0.2, 0.25) is 5.43 Å². The molecule has 17 heavy (non-hydrogen) atoms. The van der Waals surface area contributed by atoms with Crippen molar-refractivity contribution in [2.45, 2.75) is 20.0 Å². The van der Waals surface area contributed by atoms with Crippen molar-refractivity contribution in [2.24, 2.45) is 0 Å². The van der Waals surface area contributed by atoms with Gasteiger partial charge in [-0.1, -0.05) is 0 Å². The van der Waals surface area contributed by atoms with E-state index >= 15 is 0 Å². The fraction of sp³-hybridized carbons (Fsp3) is 0.231. The summed E-state index contributed by atoms with van der Waals surface area (Å²) in [5.74, 6) is 0.765. The molecule has 2 aromatic rings. The van der Waals surface area contributed by atoms with E-state index in [1.54, 1.807) is 38.1 Å². The molecule has 0 radical (unpaired) electrons. The highest BCUT2D eigenvalue weighted by Gasteiger charge is 2.20. The van der Waals surface area contributed by atoms with Crippen molar-refractivity contribution in [2.75, 3.05) is 0 Å². The molecule has 0 saturated heterocycles. The highest BCUT2D eigenvalue weighted by molar-refractivity contribution is 5.72. The molecular weight excluding hydrogens is 220 g/mol. The normalized spacial score (nSPS) is 11.7. The predicted octanol–water partition coefficient (Wildman–Crippen LogP) is 1.83. The molecule has 0 aliphatic heterocycles. The van der Waals surface area contributed by atoms with Gasteiger partial charge in [0, 0.05) is 0 Å². The van der Waals surface area contributed by atoms with Gasteiger partial charge in [-0.2, -0.15) is 0 Å². The minimum Gasteiger partial charge on any atom is -0.486 e. The second-order valence-electron chi connectivity index (χ2n) is 3.92. The Balaban J connectivity index is 2.25. The predicted molar refractivity (Wildman–Crippen MR) is 64.8 cm³/mol. The van der Waals surface area contributed by atoms with Crippen molar-refractivity contribution in [3.8, 4) is 5.75 Å². The highest BCUT2D eigenvalue weighted by Crippen LogP contribution is 2.16. The Morgan fingerprint density at radius 3 is 2.59 bits per heavy atom. The number of hydrogen-bond donors (Lipinski definition) is 0. The first-order valence-electron chi connectivity index (χ1n) is 5.31. The minimum absolute atomic E-state index is 0.130. The van der Waals surface area contributed by atoms with Crippen LogP contribution in [0.3, 0.4) is 0 Å². The first kappa shape index (κ1) is 11.4. The smallest absolute Gasteiger partial charge is 0.268 e. The zero-order chi connectivity index (χ0) is 12.4. The van der Waals surface area contributed by atoms with Crippen LogP contribution in [0.2, 0.25) is 0 Å². The van der Waals surface area contributed by atoms with Gasteiger partial charge in [-0.3, -0.25) is 9.59 Å². The third kappa shape index (κ3) is 2.20. The maximum Gasteiger partial charge on any atom is 0.268 e. The fourth-order valence-corrected chi connectivity index (χ4v) is 1.44. The van der Waals surface area contributed by atoms with E-state index in [4.69, 9.17) is 9.15 Å². The Kier molecular flexibility index (Phi) is 2.95. The van der Waals surface area contributed by atoms with Gasteiger partial charge in [-0.15, -0.1) is 0 Å². The van der Waals surface area contributed by atoms with Gasteiger partial charge in [0.05, 0.1) is 17.9 Å². The van der Waals surface area contributed by atoms with Crippen molar-refractivity contribution in [1.29, 1.82) is 0 Å². The Morgan fingerprint density at radius 1 is 1.24 bits per heavy atom. The van der Waals surface area contributed by atoms with Crippen LogP contribution in [0, 0.1) is 0 Å². The summed E-state index contributed by atoms with van der Waals surface area (Å²) in [7, 11) is 0. The van der Waals surface area contributed by atoms with Gasteiger partial charge >= 0.3 is 0 Å². The van der Waals surface area contributed by atoms with Crippen molar-refractivity contribution in [3.05, 3.63) is 50.2 Å². The molecule has 1 aromatic carbocycles. The molecule has 0 saturated carbocycles. The van der Waals surface area contributed by atoms with E-state index in [0.29, 0.717) is 11.3 Å². The van der Waals surface area contributed by atoms with Crippen LogP contribution in [0.25, 0.3) is 12.2 Å². The van der Waals surface area contributed by atoms with E-state index in [0.717, 1.165) is 0 Å². The molecule has 2 rings (SSSR count). The Bertz CT molecular complexity index is 596. The summed E-state index contributed by atoms with van der Waals surface area (Å²) in [6, 6.07) is 3.50. The first-order chi connectivity index (χ1) is 8.09. The third-order valence-electron chi connectivity index (χ3n) is 2.21. The highest BCUT2D eigenvalue weighted by atomic mass is 16.5. The molecule has 0 fully saturated rings. The summed E-state index contributed by atoms with van der Waals surface area (Å²) in [5.41, 5.74) is -0.763. The van der Waals surface area contributed by atoms with Crippen LogP contribution in [0.15, 0.2) is 32.4 Å². The molecule has 0 atom stereocenters. The SMILES string of the molecule is CC(C)Oc1c(/C=C/c2ccco2)c(=O)c1=O. The first-order valence-corrected chi connectivity index (χ1v) is 5.31. The van der Waals surface area contributed by atoms with Crippen molar-refractivity contribution < 1.29 is 9.15 Å². The molecule has 0 unspecified atom stereocenters. The van der Waals surface area contributed by atoms with Crippen LogP contribution in [0.5, 0.6) is 5.75 Å². The molecule has 4 heteroatoms. The van der Waals surface area contributed by atoms with E-state index in [9.17, 15) is 9.59 Å². The standard InChI is InChI=1S/C13H12O4/c1-8(2)17-13-10(11(14)12(13)15)6-5-9-4-3-7-16-9/h3-8H,1-2H3/b6-5+. The third-order valence-corrected chi connectivity index (χ3v) is 2.21. The van der Waals surface area contributed by atoms with Gasteiger partial charge in [0.15, 0.2) is 5.75 Å². The summed E-state index contributed by atoms with van der Waals surface area (Å²) in [5, 5.41) is 0. The van der Waals surface area contributed by atoms with Crippen molar-refractivity contribution in [1.82, 2.24) is 0 Å². The lowest BCUT2D eigenvalue weighted by atomic mass is 10.1. The average molecular weight is 232 g/mol. The van der Waals surface area contributed by atoms with Crippen molar-refractivity contribution in [3.63, 3.8) is 0 Å². The van der Waals surface area contributed by atoms with Gasteiger partial charge in [0.25, 0.3) is 5.43 Å². The molecule has 0 spiro atoms. The van der Waals surface area contributed by atoms with E-state index in [2.05, 4.69) is 0 Å². The molecule has 88 valence electrons. The molecule has 1 heterocycles. The topological polar surface area (TPSA) is 56.5 Å². The second-order valence-corrected chi connectivity index (χ2v) is 3.92. The number of rotatable bonds is 4. The Labute approximate surface area is 97.8 Å². The quantitative estimate of drug-likeness (QED) is 0.754. The number of ether oxygens (including phenoxy) is 1. The van der Waals surface area contributed by atoms with Gasteiger partial charge < -0.3 is 9.15 Å². The molecule has 4 nitrogen and oxygen atoms in total. The lowest BCUT2D eigenvalue weighted by molar-refractivity contribution is 0.236. The maximum absolute atomic E-state index is 11.3. The summed E-state index contributed by atoms with van der Waals surface area (Å²) in [6.07, 6.45) is 4.57. The molecule has 0 amide bonds. The number of furan rings is 1. The van der Waals surface area contributed by atoms with Crippen LogP contribution >= 0.6 is 0 Å². The van der Waals surface area contributed by atoms with Gasteiger partial charge in [-0.25, -0.2) is 0 Å². The van der Waals surface area contributed by atoms with Crippen molar-refractivity contribution >= 4 is 12.2 Å². The van der Waals surface area contributed by atoms with Crippen LogP contribution in [0.4, 0.5) is 0 Å².